The first kappa shape index (κ1) is 29.9. The smallest absolute Gasteiger partial charge is 0.280 e. The number of anilines is 1. The van der Waals surface area contributed by atoms with E-state index in [2.05, 4.69) is 30.9 Å². The summed E-state index contributed by atoms with van der Waals surface area (Å²) >= 11 is 5.18. The molecule has 1 atom stereocenters. The molecule has 38 heavy (non-hydrogen) atoms. The van der Waals surface area contributed by atoms with Gasteiger partial charge < -0.3 is 24.1 Å². The van der Waals surface area contributed by atoms with E-state index >= 15 is 0 Å². The monoisotopic (exact) mass is 621 g/mol. The third-order valence-corrected chi connectivity index (χ3v) is 7.24. The number of H-pyrrole nitrogens is 1. The first-order valence-corrected chi connectivity index (χ1v) is 15.1. The number of nitrogens with two attached hydrogens (primary N) is 1. The average Bonchev–Trinajstić information content (AvgIpc) is 3.33. The molecule has 0 aliphatic carbocycles. The van der Waals surface area contributed by atoms with Gasteiger partial charge in [0.1, 0.15) is 12.6 Å². The number of hydrogen-bond donors (Lipinski definition) is 2. The molecule has 2 heterocycles. The molecule has 0 spiro atoms. The van der Waals surface area contributed by atoms with Crippen molar-refractivity contribution < 1.29 is 18.6 Å². The molecule has 4 rings (SSSR count). The number of nitrogen functional groups attached to an aromatic ring is 1. The second-order valence-electron chi connectivity index (χ2n) is 7.69. The van der Waals surface area contributed by atoms with Crippen LogP contribution in [0.15, 0.2) is 70.2 Å². The molecule has 0 aliphatic heterocycles. The molecule has 202 valence electrons. The van der Waals surface area contributed by atoms with E-state index in [1.807, 2.05) is 48.7 Å². The fraction of sp³-hybridized carbons (Fsp3) is 0.280. The standard InChI is InChI=1S/C18H23BrN5O4PS.C7H6O/c1-30-8-7-27-29(28-10-13-3-2-4-14(19)9-13)12-26-6-5-24-11-21-15-16(24)22-18(20)23-17(15)25;8-6-7-4-2-1-3-5-7/h2-4,9,11H,5-8,10,12H2,1H3,(H3,20,22,23,25);1-6H. The number of nitrogens with one attached hydrogen (secondary N) is 1. The molecule has 0 fully saturated rings. The molecule has 2 aromatic carbocycles. The molecule has 10 nitrogen and oxygen atoms in total. The number of aromatic amines is 1. The number of halogens is 1. The number of carbonyl (C=O) groups is 1. The Morgan fingerprint density at radius 2 is 1.97 bits per heavy atom. The summed E-state index contributed by atoms with van der Waals surface area (Å²) in [7, 11) is -1.19. The van der Waals surface area contributed by atoms with Gasteiger partial charge in [0.2, 0.25) is 5.95 Å². The maximum absolute atomic E-state index is 11.8. The van der Waals surface area contributed by atoms with Crippen LogP contribution in [0.5, 0.6) is 0 Å². The topological polar surface area (TPSA) is 134 Å². The van der Waals surface area contributed by atoms with Crippen LogP contribution in [0.25, 0.3) is 11.2 Å². The zero-order chi connectivity index (χ0) is 27.2. The number of benzene rings is 2. The number of imidazole rings is 1. The molecule has 0 saturated heterocycles. The third kappa shape index (κ3) is 9.94. The highest BCUT2D eigenvalue weighted by molar-refractivity contribution is 9.10. The summed E-state index contributed by atoms with van der Waals surface area (Å²) in [6.07, 6.45) is 4.77. The Morgan fingerprint density at radius 3 is 2.68 bits per heavy atom. The number of aldehydes is 1. The van der Waals surface area contributed by atoms with Gasteiger partial charge in [-0.3, -0.25) is 14.6 Å². The molecule has 2 aromatic heterocycles. The number of aromatic nitrogens is 4. The highest BCUT2D eigenvalue weighted by Crippen LogP contribution is 2.39. The van der Waals surface area contributed by atoms with Crippen LogP contribution in [0.2, 0.25) is 0 Å². The van der Waals surface area contributed by atoms with Crippen molar-refractivity contribution in [2.75, 3.05) is 37.3 Å². The summed E-state index contributed by atoms with van der Waals surface area (Å²) in [5, 5.41) is 0. The number of thioether (sulfide) groups is 1. The van der Waals surface area contributed by atoms with Gasteiger partial charge in [0.25, 0.3) is 5.56 Å². The fourth-order valence-electron chi connectivity index (χ4n) is 3.08. The lowest BCUT2D eigenvalue weighted by Crippen LogP contribution is -2.13. The lowest BCUT2D eigenvalue weighted by Gasteiger charge is -2.18. The Balaban J connectivity index is 0.000000427. The second kappa shape index (κ2) is 16.4. The number of carbonyl (C=O) groups excluding carboxylic acids is 1. The predicted molar refractivity (Wildman–Crippen MR) is 155 cm³/mol. The highest BCUT2D eigenvalue weighted by Gasteiger charge is 2.13. The Morgan fingerprint density at radius 1 is 1.16 bits per heavy atom. The van der Waals surface area contributed by atoms with Crippen LogP contribution in [0, 0.1) is 0 Å². The molecule has 13 heteroatoms. The van der Waals surface area contributed by atoms with E-state index in [0.29, 0.717) is 38.4 Å². The van der Waals surface area contributed by atoms with E-state index in [9.17, 15) is 9.59 Å². The van der Waals surface area contributed by atoms with Crippen LogP contribution in [-0.4, -0.2) is 57.4 Å². The van der Waals surface area contributed by atoms with Gasteiger partial charge in [-0.1, -0.05) is 58.4 Å². The summed E-state index contributed by atoms with van der Waals surface area (Å²) in [5.41, 5.74) is 7.74. The van der Waals surface area contributed by atoms with Crippen LogP contribution >= 0.6 is 36.1 Å². The number of hydrogen-bond acceptors (Lipinski definition) is 9. The maximum Gasteiger partial charge on any atom is 0.280 e. The first-order chi connectivity index (χ1) is 18.5. The molecule has 0 aliphatic rings. The number of rotatable bonds is 13. The molecular weight excluding hydrogens is 593 g/mol. The lowest BCUT2D eigenvalue weighted by molar-refractivity contribution is 0.112. The van der Waals surface area contributed by atoms with Gasteiger partial charge in [-0.25, -0.2) is 4.98 Å². The van der Waals surface area contributed by atoms with E-state index < -0.39 is 8.38 Å². The minimum atomic E-state index is -1.19. The summed E-state index contributed by atoms with van der Waals surface area (Å²) < 4.78 is 20.4. The van der Waals surface area contributed by atoms with E-state index in [0.717, 1.165) is 27.6 Å². The molecule has 0 amide bonds. The highest BCUT2D eigenvalue weighted by atomic mass is 79.9. The summed E-state index contributed by atoms with van der Waals surface area (Å²) in [4.78, 5) is 32.5. The van der Waals surface area contributed by atoms with Gasteiger partial charge in [0.15, 0.2) is 19.5 Å². The lowest BCUT2D eigenvalue weighted by atomic mass is 10.2. The quantitative estimate of drug-likeness (QED) is 0.122. The van der Waals surface area contributed by atoms with Gasteiger partial charge in [0, 0.05) is 22.3 Å². The number of nitrogens with zero attached hydrogens (tertiary/aromatic N) is 3. The van der Waals surface area contributed by atoms with E-state index in [4.69, 9.17) is 19.5 Å². The summed E-state index contributed by atoms with van der Waals surface area (Å²) in [5.74, 6) is 0.948. The zero-order valence-electron chi connectivity index (χ0n) is 20.8. The van der Waals surface area contributed by atoms with E-state index in [1.165, 1.54) is 0 Å². The van der Waals surface area contributed by atoms with Crippen molar-refractivity contribution in [2.24, 2.45) is 0 Å². The molecule has 0 bridgehead atoms. The minimum Gasteiger partial charge on any atom is -0.370 e. The minimum absolute atomic E-state index is 0.0573. The van der Waals surface area contributed by atoms with Crippen molar-refractivity contribution in [3.63, 3.8) is 0 Å². The van der Waals surface area contributed by atoms with Crippen LogP contribution in [0.3, 0.4) is 0 Å². The normalized spacial score (nSPS) is 11.6. The fourth-order valence-corrected chi connectivity index (χ4v) is 4.99. The summed E-state index contributed by atoms with van der Waals surface area (Å²) in [6, 6.07) is 17.1. The molecule has 4 aromatic rings. The van der Waals surface area contributed by atoms with Crippen LogP contribution in [0.1, 0.15) is 15.9 Å². The largest absolute Gasteiger partial charge is 0.370 e. The Kier molecular flexibility index (Phi) is 12.9. The molecule has 0 radical (unpaired) electrons. The predicted octanol–water partition coefficient (Wildman–Crippen LogP) is 4.85. The maximum atomic E-state index is 11.8. The molecular formula is C25H29BrN5O5PS. The second-order valence-corrected chi connectivity index (χ2v) is 11.0. The Labute approximate surface area is 234 Å². The summed E-state index contributed by atoms with van der Waals surface area (Å²) in [6.45, 7) is 1.93. The van der Waals surface area contributed by atoms with Crippen molar-refractivity contribution >= 4 is 59.5 Å². The van der Waals surface area contributed by atoms with Gasteiger partial charge in [0.05, 0.1) is 26.1 Å². The first-order valence-electron chi connectivity index (χ1n) is 11.6. The van der Waals surface area contributed by atoms with Crippen LogP contribution in [0.4, 0.5) is 5.95 Å². The third-order valence-electron chi connectivity index (χ3n) is 4.89. The number of ether oxygens (including phenoxy) is 1. The Bertz CT molecular complexity index is 1340. The molecule has 3 N–H and O–H groups in total. The SMILES string of the molecule is CSCCOP(COCCn1cnc2c(=O)[nH]c(N)nc21)OCc1cccc(Br)c1.O=Cc1ccccc1. The van der Waals surface area contributed by atoms with Gasteiger partial charge in [-0.05, 0) is 24.0 Å². The van der Waals surface area contributed by atoms with Gasteiger partial charge in [-0.2, -0.15) is 16.7 Å². The average molecular weight is 622 g/mol. The molecule has 0 saturated carbocycles. The van der Waals surface area contributed by atoms with Crippen molar-refractivity contribution in [2.45, 2.75) is 13.2 Å². The van der Waals surface area contributed by atoms with Gasteiger partial charge in [-0.15, -0.1) is 0 Å². The van der Waals surface area contributed by atoms with Gasteiger partial charge >= 0.3 is 0 Å². The number of fused-ring (bicyclic) bond motifs is 1. The van der Waals surface area contributed by atoms with Crippen molar-refractivity contribution in [3.8, 4) is 0 Å². The van der Waals surface area contributed by atoms with E-state index in [1.54, 1.807) is 34.8 Å². The van der Waals surface area contributed by atoms with Crippen molar-refractivity contribution in [3.05, 3.63) is 86.9 Å². The van der Waals surface area contributed by atoms with Crippen LogP contribution in [-0.2, 0) is 26.9 Å². The molecule has 1 unspecified atom stereocenters. The van der Waals surface area contributed by atoms with Crippen molar-refractivity contribution in [1.82, 2.24) is 19.5 Å². The van der Waals surface area contributed by atoms with Crippen molar-refractivity contribution in [1.29, 1.82) is 0 Å². The van der Waals surface area contributed by atoms with E-state index in [-0.39, 0.29) is 17.0 Å². The zero-order valence-corrected chi connectivity index (χ0v) is 24.1. The Hall–Kier alpha value is -2.60. The van der Waals surface area contributed by atoms with Crippen LogP contribution < -0.4 is 11.3 Å².